The van der Waals surface area contributed by atoms with E-state index < -0.39 is 0 Å². The van der Waals surface area contributed by atoms with Crippen LogP contribution in [0.15, 0.2) is 30.5 Å². The lowest BCUT2D eigenvalue weighted by Crippen LogP contribution is -2.12. The van der Waals surface area contributed by atoms with Gasteiger partial charge in [-0.05, 0) is 26.0 Å². The maximum atomic E-state index is 12.5. The molecular weight excluding hydrogens is 298 g/mol. The normalized spacial score (nSPS) is 10.7. The molecule has 5 nitrogen and oxygen atoms in total. The molecule has 22 heavy (non-hydrogen) atoms. The van der Waals surface area contributed by atoms with E-state index in [9.17, 15) is 4.79 Å². The quantitative estimate of drug-likeness (QED) is 0.803. The molecule has 0 aliphatic carbocycles. The van der Waals surface area contributed by atoms with E-state index >= 15 is 0 Å². The number of thiazole rings is 1. The fourth-order valence-electron chi connectivity index (χ4n) is 2.30. The summed E-state index contributed by atoms with van der Waals surface area (Å²) in [4.78, 5) is 21.7. The summed E-state index contributed by atoms with van der Waals surface area (Å²) in [5, 5.41) is 4.70. The van der Waals surface area contributed by atoms with Crippen molar-refractivity contribution in [1.82, 2.24) is 9.97 Å². The van der Waals surface area contributed by atoms with Crippen LogP contribution in [0.5, 0.6) is 5.75 Å². The zero-order chi connectivity index (χ0) is 15.7. The molecule has 0 saturated carbocycles. The van der Waals surface area contributed by atoms with Gasteiger partial charge in [-0.2, -0.15) is 0 Å². The Labute approximate surface area is 132 Å². The first kappa shape index (κ1) is 14.5. The lowest BCUT2D eigenvalue weighted by Gasteiger charge is -2.10. The maximum Gasteiger partial charge on any atom is 0.267 e. The molecule has 3 rings (SSSR count). The molecule has 112 valence electrons. The number of hydrogen-bond acceptors (Lipinski definition) is 5. The summed E-state index contributed by atoms with van der Waals surface area (Å²) in [5.74, 6) is 0.497. The second-order valence-corrected chi connectivity index (χ2v) is 6.05. The molecule has 0 aliphatic rings. The molecule has 2 heterocycles. The predicted molar refractivity (Wildman–Crippen MR) is 87.8 cm³/mol. The number of carbonyl (C=O) groups excluding carboxylic acids is 1. The van der Waals surface area contributed by atoms with E-state index in [1.165, 1.54) is 11.3 Å². The van der Waals surface area contributed by atoms with Crippen molar-refractivity contribution in [3.63, 3.8) is 0 Å². The number of fused-ring (bicyclic) bond motifs is 1. The molecule has 0 fully saturated rings. The molecule has 0 atom stereocenters. The second-order valence-electron chi connectivity index (χ2n) is 4.85. The van der Waals surface area contributed by atoms with Crippen LogP contribution in [0.25, 0.3) is 10.9 Å². The highest BCUT2D eigenvalue weighted by molar-refractivity contribution is 7.13. The minimum atomic E-state index is -0.177. The van der Waals surface area contributed by atoms with Crippen molar-refractivity contribution < 1.29 is 9.53 Å². The SMILES string of the molecule is COc1cc(NC(=O)c2sc(C)nc2C)c2ncccc2c1. The van der Waals surface area contributed by atoms with Gasteiger partial charge in [0.1, 0.15) is 10.6 Å². The molecule has 0 saturated heterocycles. The largest absolute Gasteiger partial charge is 0.497 e. The highest BCUT2D eigenvalue weighted by Gasteiger charge is 2.16. The van der Waals surface area contributed by atoms with Gasteiger partial charge in [-0.3, -0.25) is 9.78 Å². The Kier molecular flexibility index (Phi) is 3.77. The zero-order valence-corrected chi connectivity index (χ0v) is 13.3. The summed E-state index contributed by atoms with van der Waals surface area (Å²) in [5.41, 5.74) is 2.10. The minimum Gasteiger partial charge on any atom is -0.497 e. The highest BCUT2D eigenvalue weighted by atomic mass is 32.1. The third-order valence-corrected chi connectivity index (χ3v) is 4.34. The first-order valence-electron chi connectivity index (χ1n) is 6.76. The molecule has 3 aromatic rings. The van der Waals surface area contributed by atoms with Crippen LogP contribution in [0.1, 0.15) is 20.4 Å². The number of pyridine rings is 1. The van der Waals surface area contributed by atoms with E-state index in [4.69, 9.17) is 4.74 Å². The highest BCUT2D eigenvalue weighted by Crippen LogP contribution is 2.28. The summed E-state index contributed by atoms with van der Waals surface area (Å²) >= 11 is 1.38. The van der Waals surface area contributed by atoms with E-state index in [-0.39, 0.29) is 5.91 Å². The summed E-state index contributed by atoms with van der Waals surface area (Å²) in [6.45, 7) is 3.72. The Balaban J connectivity index is 2.03. The average molecular weight is 313 g/mol. The van der Waals surface area contributed by atoms with E-state index in [2.05, 4.69) is 15.3 Å². The Morgan fingerprint density at radius 3 is 2.82 bits per heavy atom. The second kappa shape index (κ2) is 5.73. The van der Waals surface area contributed by atoms with Gasteiger partial charge in [-0.1, -0.05) is 6.07 Å². The molecule has 0 aliphatic heterocycles. The van der Waals surface area contributed by atoms with Crippen molar-refractivity contribution in [3.05, 3.63) is 46.0 Å². The lowest BCUT2D eigenvalue weighted by molar-refractivity contribution is 0.103. The number of hydrogen-bond donors (Lipinski definition) is 1. The molecule has 6 heteroatoms. The third kappa shape index (κ3) is 2.65. The van der Waals surface area contributed by atoms with Crippen molar-refractivity contribution in [2.24, 2.45) is 0 Å². The fourth-order valence-corrected chi connectivity index (χ4v) is 3.11. The first-order chi connectivity index (χ1) is 10.6. The molecule has 0 bridgehead atoms. The van der Waals surface area contributed by atoms with E-state index in [1.54, 1.807) is 19.4 Å². The number of rotatable bonds is 3. The number of aryl methyl sites for hydroxylation is 2. The number of nitrogens with one attached hydrogen (secondary N) is 1. The molecule has 0 spiro atoms. The minimum absolute atomic E-state index is 0.177. The van der Waals surface area contributed by atoms with Gasteiger partial charge in [0.15, 0.2) is 0 Å². The summed E-state index contributed by atoms with van der Waals surface area (Å²) in [6.07, 6.45) is 1.70. The number of nitrogens with zero attached hydrogens (tertiary/aromatic N) is 2. The number of aromatic nitrogens is 2. The number of benzene rings is 1. The molecule has 1 N–H and O–H groups in total. The number of ether oxygens (including phenoxy) is 1. The Bertz CT molecular complexity index is 858. The van der Waals surface area contributed by atoms with Gasteiger partial charge in [-0.15, -0.1) is 11.3 Å². The number of methoxy groups -OCH3 is 1. The first-order valence-corrected chi connectivity index (χ1v) is 7.58. The van der Waals surface area contributed by atoms with Gasteiger partial charge in [0.2, 0.25) is 0 Å². The monoisotopic (exact) mass is 313 g/mol. The maximum absolute atomic E-state index is 12.5. The topological polar surface area (TPSA) is 64.1 Å². The van der Waals surface area contributed by atoms with Crippen molar-refractivity contribution >= 4 is 33.8 Å². The third-order valence-electron chi connectivity index (χ3n) is 3.27. The van der Waals surface area contributed by atoms with Crippen molar-refractivity contribution in [2.45, 2.75) is 13.8 Å². The van der Waals surface area contributed by atoms with E-state index in [0.717, 1.165) is 21.6 Å². The van der Waals surface area contributed by atoms with Crippen LogP contribution in [-0.2, 0) is 0 Å². The molecule has 1 amide bonds. The van der Waals surface area contributed by atoms with Crippen molar-refractivity contribution in [1.29, 1.82) is 0 Å². The summed E-state index contributed by atoms with van der Waals surface area (Å²) < 4.78 is 5.29. The fraction of sp³-hybridized carbons (Fsp3) is 0.188. The molecule has 1 aromatic carbocycles. The zero-order valence-electron chi connectivity index (χ0n) is 12.5. The summed E-state index contributed by atoms with van der Waals surface area (Å²) in [7, 11) is 1.60. The number of carbonyl (C=O) groups is 1. The Hall–Kier alpha value is -2.47. The van der Waals surface area contributed by atoms with Crippen LogP contribution >= 0.6 is 11.3 Å². The Morgan fingerprint density at radius 1 is 1.32 bits per heavy atom. The van der Waals surface area contributed by atoms with Gasteiger partial charge >= 0.3 is 0 Å². The van der Waals surface area contributed by atoms with Gasteiger partial charge < -0.3 is 10.1 Å². The van der Waals surface area contributed by atoms with Crippen molar-refractivity contribution in [2.75, 3.05) is 12.4 Å². The van der Waals surface area contributed by atoms with Crippen LogP contribution in [0.4, 0.5) is 5.69 Å². The molecular formula is C16H15N3O2S. The van der Waals surface area contributed by atoms with Crippen LogP contribution in [-0.4, -0.2) is 23.0 Å². The van der Waals surface area contributed by atoms with Crippen LogP contribution < -0.4 is 10.1 Å². The van der Waals surface area contributed by atoms with Crippen LogP contribution in [0.3, 0.4) is 0 Å². The smallest absolute Gasteiger partial charge is 0.267 e. The Morgan fingerprint density at radius 2 is 2.14 bits per heavy atom. The lowest BCUT2D eigenvalue weighted by atomic mass is 10.1. The van der Waals surface area contributed by atoms with Gasteiger partial charge in [0.25, 0.3) is 5.91 Å². The number of anilines is 1. The summed E-state index contributed by atoms with van der Waals surface area (Å²) in [6, 6.07) is 7.45. The van der Waals surface area contributed by atoms with E-state index in [1.807, 2.05) is 32.0 Å². The predicted octanol–water partition coefficient (Wildman–Crippen LogP) is 3.57. The van der Waals surface area contributed by atoms with Gasteiger partial charge in [0, 0.05) is 17.6 Å². The van der Waals surface area contributed by atoms with Crippen molar-refractivity contribution in [3.8, 4) is 5.75 Å². The van der Waals surface area contributed by atoms with Gasteiger partial charge in [-0.25, -0.2) is 4.98 Å². The van der Waals surface area contributed by atoms with Crippen LogP contribution in [0, 0.1) is 13.8 Å². The average Bonchev–Trinajstić information content (AvgIpc) is 2.85. The van der Waals surface area contributed by atoms with Gasteiger partial charge in [0.05, 0.1) is 29.0 Å². The standard InChI is InChI=1S/C16H15N3O2S/c1-9-15(22-10(2)18-9)16(20)19-13-8-12(21-3)7-11-5-4-6-17-14(11)13/h4-8H,1-3H3,(H,19,20). The molecule has 0 radical (unpaired) electrons. The van der Waals surface area contributed by atoms with Crippen LogP contribution in [0.2, 0.25) is 0 Å². The van der Waals surface area contributed by atoms with E-state index in [0.29, 0.717) is 16.3 Å². The molecule has 0 unspecified atom stereocenters. The molecule has 2 aromatic heterocycles. The number of amides is 1.